The summed E-state index contributed by atoms with van der Waals surface area (Å²) in [5.41, 5.74) is 0.240. The number of carbonyl (C=O) groups is 1. The smallest absolute Gasteiger partial charge is 0.261 e. The fourth-order valence-corrected chi connectivity index (χ4v) is 6.07. The molecule has 1 aromatic heterocycles. The van der Waals surface area contributed by atoms with E-state index < -0.39 is 0 Å². The van der Waals surface area contributed by atoms with E-state index in [-0.39, 0.29) is 29.9 Å². The Morgan fingerprint density at radius 2 is 1.82 bits per heavy atom. The van der Waals surface area contributed by atoms with Crippen LogP contribution in [0.1, 0.15) is 75.5 Å². The standard InChI is InChI=1S/C27H37FN2O2S/c28-22-10-8-11-24(18-22)32-21-26(31)30(20-25-12-9-17-33-25)23-13-16-27(29-19-23)14-6-4-2-1-3-5-7-15-27/h8-12,17-18,23,29H,1-7,13-16,19-21H2. The van der Waals surface area contributed by atoms with E-state index in [2.05, 4.69) is 16.8 Å². The van der Waals surface area contributed by atoms with Crippen LogP contribution in [0.4, 0.5) is 4.39 Å². The summed E-state index contributed by atoms with van der Waals surface area (Å²) in [5, 5.41) is 5.97. The molecular formula is C27H37FN2O2S. The number of nitrogens with one attached hydrogen (secondary N) is 1. The van der Waals surface area contributed by atoms with Gasteiger partial charge in [-0.25, -0.2) is 4.39 Å². The highest BCUT2D eigenvalue weighted by atomic mass is 32.1. The summed E-state index contributed by atoms with van der Waals surface area (Å²) < 4.78 is 19.1. The zero-order chi connectivity index (χ0) is 22.9. The molecule has 180 valence electrons. The van der Waals surface area contributed by atoms with Gasteiger partial charge in [-0.3, -0.25) is 4.79 Å². The summed E-state index contributed by atoms with van der Waals surface area (Å²) >= 11 is 1.68. The van der Waals surface area contributed by atoms with E-state index in [4.69, 9.17) is 4.74 Å². The van der Waals surface area contributed by atoms with Crippen LogP contribution in [0.3, 0.4) is 0 Å². The largest absolute Gasteiger partial charge is 0.484 e. The molecule has 1 saturated heterocycles. The van der Waals surface area contributed by atoms with E-state index >= 15 is 0 Å². The second kappa shape index (κ2) is 12.0. The molecule has 1 atom stereocenters. The highest BCUT2D eigenvalue weighted by Gasteiger charge is 2.37. The Balaban J connectivity index is 1.39. The summed E-state index contributed by atoms with van der Waals surface area (Å²) in [6.07, 6.45) is 14.1. The number of carbonyl (C=O) groups excluding carboxylic acids is 1. The van der Waals surface area contributed by atoms with Gasteiger partial charge in [0, 0.05) is 29.1 Å². The Kier molecular flexibility index (Phi) is 8.79. The average Bonchev–Trinajstić information content (AvgIpc) is 3.34. The number of hydrogen-bond acceptors (Lipinski definition) is 4. The molecular weight excluding hydrogens is 435 g/mol. The number of hydrogen-bond donors (Lipinski definition) is 1. The highest BCUT2D eigenvalue weighted by Crippen LogP contribution is 2.34. The third kappa shape index (κ3) is 7.03. The molecule has 1 aliphatic heterocycles. The molecule has 2 aliphatic rings. The molecule has 0 bridgehead atoms. The van der Waals surface area contributed by atoms with Gasteiger partial charge in [-0.2, -0.15) is 0 Å². The number of benzene rings is 1. The molecule has 6 heteroatoms. The second-order valence-electron chi connectivity index (χ2n) is 9.68. The number of piperidine rings is 1. The van der Waals surface area contributed by atoms with Gasteiger partial charge < -0.3 is 15.0 Å². The maximum Gasteiger partial charge on any atom is 0.261 e. The van der Waals surface area contributed by atoms with E-state index in [0.717, 1.165) is 19.4 Å². The molecule has 1 N–H and O–H groups in total. The number of ether oxygens (including phenoxy) is 1. The molecule has 4 nitrogen and oxygen atoms in total. The van der Waals surface area contributed by atoms with Gasteiger partial charge in [0.25, 0.3) is 5.91 Å². The molecule has 2 fully saturated rings. The first-order valence-corrected chi connectivity index (χ1v) is 13.5. The van der Waals surface area contributed by atoms with Gasteiger partial charge in [0.15, 0.2) is 6.61 Å². The molecule has 4 rings (SSSR count). The van der Waals surface area contributed by atoms with Crippen molar-refractivity contribution in [3.8, 4) is 5.75 Å². The summed E-state index contributed by atoms with van der Waals surface area (Å²) in [6, 6.07) is 10.2. The number of amides is 1. The van der Waals surface area contributed by atoms with E-state index in [1.807, 2.05) is 11.0 Å². The lowest BCUT2D eigenvalue weighted by atomic mass is 9.78. The van der Waals surface area contributed by atoms with E-state index in [1.54, 1.807) is 23.5 Å². The summed E-state index contributed by atoms with van der Waals surface area (Å²) in [4.78, 5) is 16.4. The van der Waals surface area contributed by atoms with Crippen molar-refractivity contribution in [3.63, 3.8) is 0 Å². The van der Waals surface area contributed by atoms with E-state index in [9.17, 15) is 9.18 Å². The lowest BCUT2D eigenvalue weighted by Gasteiger charge is -2.45. The SMILES string of the molecule is O=C(COc1cccc(F)c1)N(Cc1cccs1)C1CCC2(CCCCCCCCC2)NC1. The molecule has 33 heavy (non-hydrogen) atoms. The zero-order valence-corrected chi connectivity index (χ0v) is 20.4. The molecule has 1 amide bonds. The third-order valence-electron chi connectivity index (χ3n) is 7.31. The van der Waals surface area contributed by atoms with Gasteiger partial charge >= 0.3 is 0 Å². The molecule has 1 spiro atoms. The molecule has 1 aliphatic carbocycles. The van der Waals surface area contributed by atoms with Crippen LogP contribution in [0.5, 0.6) is 5.75 Å². The summed E-state index contributed by atoms with van der Waals surface area (Å²) in [7, 11) is 0. The number of rotatable bonds is 6. The fraction of sp³-hybridized carbons (Fsp3) is 0.593. The van der Waals surface area contributed by atoms with Crippen LogP contribution >= 0.6 is 11.3 Å². The first kappa shape index (κ1) is 24.2. The first-order chi connectivity index (χ1) is 16.1. The average molecular weight is 473 g/mol. The minimum atomic E-state index is -0.358. The monoisotopic (exact) mass is 472 g/mol. The predicted octanol–water partition coefficient (Wildman–Crippen LogP) is 6.31. The normalized spacial score (nSPS) is 21.4. The van der Waals surface area contributed by atoms with Crippen molar-refractivity contribution in [1.82, 2.24) is 10.2 Å². The maximum atomic E-state index is 13.5. The topological polar surface area (TPSA) is 41.6 Å². The van der Waals surface area contributed by atoms with Crippen LogP contribution in [0.15, 0.2) is 41.8 Å². The number of nitrogens with zero attached hydrogens (tertiary/aromatic N) is 1. The van der Waals surface area contributed by atoms with Gasteiger partial charge in [0.2, 0.25) is 0 Å². The van der Waals surface area contributed by atoms with Gasteiger partial charge in [0.05, 0.1) is 6.54 Å². The first-order valence-electron chi connectivity index (χ1n) is 12.6. The van der Waals surface area contributed by atoms with Crippen LogP contribution in [-0.2, 0) is 11.3 Å². The summed E-state index contributed by atoms with van der Waals surface area (Å²) in [5.74, 6) is -0.00844. The maximum absolute atomic E-state index is 13.5. The minimum absolute atomic E-state index is 0.0404. The van der Waals surface area contributed by atoms with Gasteiger partial charge in [-0.15, -0.1) is 11.3 Å². The lowest BCUT2D eigenvalue weighted by molar-refractivity contribution is -0.137. The van der Waals surface area contributed by atoms with Crippen LogP contribution in [0.25, 0.3) is 0 Å². The quantitative estimate of drug-likeness (QED) is 0.536. The molecule has 1 saturated carbocycles. The third-order valence-corrected chi connectivity index (χ3v) is 8.17. The van der Waals surface area contributed by atoms with Crippen molar-refractivity contribution in [2.24, 2.45) is 0 Å². The Labute approximate surface area is 201 Å². The second-order valence-corrected chi connectivity index (χ2v) is 10.7. The Morgan fingerprint density at radius 3 is 2.45 bits per heavy atom. The van der Waals surface area contributed by atoms with Gasteiger partial charge in [-0.1, -0.05) is 57.1 Å². The van der Waals surface area contributed by atoms with Crippen molar-refractivity contribution in [2.45, 2.75) is 88.8 Å². The zero-order valence-electron chi connectivity index (χ0n) is 19.6. The number of halogens is 1. The lowest BCUT2D eigenvalue weighted by Crippen LogP contribution is -2.58. The van der Waals surface area contributed by atoms with Crippen LogP contribution < -0.4 is 10.1 Å². The minimum Gasteiger partial charge on any atom is -0.484 e. The predicted molar refractivity (Wildman–Crippen MR) is 132 cm³/mol. The van der Waals surface area contributed by atoms with E-state index in [1.165, 1.54) is 74.8 Å². The Bertz CT molecular complexity index is 853. The molecule has 2 heterocycles. The number of thiophene rings is 1. The van der Waals surface area contributed by atoms with Crippen molar-refractivity contribution >= 4 is 17.2 Å². The molecule has 1 unspecified atom stereocenters. The van der Waals surface area contributed by atoms with Crippen LogP contribution in [0.2, 0.25) is 0 Å². The molecule has 0 radical (unpaired) electrons. The van der Waals surface area contributed by atoms with Crippen LogP contribution in [0, 0.1) is 5.82 Å². The van der Waals surface area contributed by atoms with Gasteiger partial charge in [0.1, 0.15) is 11.6 Å². The van der Waals surface area contributed by atoms with Crippen molar-refractivity contribution < 1.29 is 13.9 Å². The van der Waals surface area contributed by atoms with Crippen molar-refractivity contribution in [2.75, 3.05) is 13.2 Å². The Morgan fingerprint density at radius 1 is 1.06 bits per heavy atom. The molecule has 1 aromatic carbocycles. The Hall–Kier alpha value is -1.92. The van der Waals surface area contributed by atoms with E-state index in [0.29, 0.717) is 12.3 Å². The highest BCUT2D eigenvalue weighted by molar-refractivity contribution is 7.09. The van der Waals surface area contributed by atoms with Crippen molar-refractivity contribution in [3.05, 3.63) is 52.5 Å². The van der Waals surface area contributed by atoms with Crippen LogP contribution in [-0.4, -0.2) is 35.5 Å². The van der Waals surface area contributed by atoms with Crippen molar-refractivity contribution in [1.29, 1.82) is 0 Å². The molecule has 2 aromatic rings. The summed E-state index contributed by atoms with van der Waals surface area (Å²) in [6.45, 7) is 1.36. The fourth-order valence-electron chi connectivity index (χ4n) is 5.37. The van der Waals surface area contributed by atoms with Gasteiger partial charge in [-0.05, 0) is 49.3 Å².